The summed E-state index contributed by atoms with van der Waals surface area (Å²) >= 11 is 5.70. The molecule has 1 aromatic carbocycles. The Labute approximate surface area is 88.5 Å². The fraction of sp³-hybridized carbons (Fsp3) is 0.273. The van der Waals surface area contributed by atoms with Crippen molar-refractivity contribution >= 4 is 11.6 Å². The van der Waals surface area contributed by atoms with Crippen molar-refractivity contribution in [3.63, 3.8) is 0 Å². The van der Waals surface area contributed by atoms with E-state index < -0.39 is 11.7 Å². The Morgan fingerprint density at radius 3 is 2.36 bits per heavy atom. The van der Waals surface area contributed by atoms with Gasteiger partial charge in [-0.2, -0.15) is 0 Å². The van der Waals surface area contributed by atoms with Crippen molar-refractivity contribution in [1.82, 2.24) is 0 Å². The molecule has 0 spiro atoms. The van der Waals surface area contributed by atoms with Gasteiger partial charge in [-0.3, -0.25) is 0 Å². The minimum atomic E-state index is -1.33. The Bertz CT molecular complexity index is 317. The van der Waals surface area contributed by atoms with Crippen molar-refractivity contribution in [2.24, 2.45) is 0 Å². The van der Waals surface area contributed by atoms with E-state index in [2.05, 4.69) is 6.58 Å². The lowest BCUT2D eigenvalue weighted by Gasteiger charge is -2.25. The maximum atomic E-state index is 9.77. The normalized spacial score (nSPS) is 17.1. The first-order valence-electron chi connectivity index (χ1n) is 4.27. The molecule has 0 saturated heterocycles. The van der Waals surface area contributed by atoms with E-state index in [1.165, 1.54) is 13.0 Å². The fourth-order valence-corrected chi connectivity index (χ4v) is 1.22. The zero-order valence-electron chi connectivity index (χ0n) is 7.94. The van der Waals surface area contributed by atoms with Gasteiger partial charge >= 0.3 is 0 Å². The van der Waals surface area contributed by atoms with E-state index in [9.17, 15) is 10.2 Å². The molecule has 2 nitrogen and oxygen atoms in total. The van der Waals surface area contributed by atoms with Crippen LogP contribution in [0.4, 0.5) is 0 Å². The molecular formula is C11H13ClO2. The number of aliphatic hydroxyl groups excluding tert-OH is 1. The van der Waals surface area contributed by atoms with Crippen LogP contribution in [0.1, 0.15) is 18.6 Å². The predicted octanol–water partition coefficient (Wildman–Crippen LogP) is 2.31. The van der Waals surface area contributed by atoms with Gasteiger partial charge in [0.25, 0.3) is 0 Å². The van der Waals surface area contributed by atoms with Gasteiger partial charge in [0.05, 0.1) is 0 Å². The van der Waals surface area contributed by atoms with Crippen LogP contribution in [0.25, 0.3) is 0 Å². The molecule has 2 N–H and O–H groups in total. The zero-order chi connectivity index (χ0) is 10.8. The number of benzene rings is 1. The molecule has 0 aromatic heterocycles. The number of hydrogen-bond donors (Lipinski definition) is 2. The lowest BCUT2D eigenvalue weighted by molar-refractivity contribution is -0.0275. The van der Waals surface area contributed by atoms with Crippen molar-refractivity contribution in [3.8, 4) is 0 Å². The molecule has 0 saturated carbocycles. The van der Waals surface area contributed by atoms with Gasteiger partial charge < -0.3 is 10.2 Å². The van der Waals surface area contributed by atoms with Crippen LogP contribution in [0.5, 0.6) is 0 Å². The molecule has 1 rings (SSSR count). The van der Waals surface area contributed by atoms with Gasteiger partial charge in [-0.15, -0.1) is 6.58 Å². The highest BCUT2D eigenvalue weighted by atomic mass is 35.5. The van der Waals surface area contributed by atoms with E-state index in [1.54, 1.807) is 24.3 Å². The molecule has 0 aliphatic rings. The van der Waals surface area contributed by atoms with Gasteiger partial charge in [-0.1, -0.05) is 29.8 Å². The second kappa shape index (κ2) is 4.13. The van der Waals surface area contributed by atoms with Crippen LogP contribution in [-0.4, -0.2) is 15.8 Å². The molecule has 2 unspecified atom stereocenters. The van der Waals surface area contributed by atoms with Crippen LogP contribution in [-0.2, 0) is 0 Å². The number of hydrogen-bond acceptors (Lipinski definition) is 2. The van der Waals surface area contributed by atoms with Crippen LogP contribution in [0.2, 0.25) is 5.02 Å². The Balaban J connectivity index is 2.95. The number of halogens is 1. The van der Waals surface area contributed by atoms with E-state index >= 15 is 0 Å². The van der Waals surface area contributed by atoms with Crippen LogP contribution in [0.15, 0.2) is 36.9 Å². The maximum Gasteiger partial charge on any atom is 0.111 e. The molecule has 0 aliphatic carbocycles. The molecule has 0 bridgehead atoms. The first-order chi connectivity index (χ1) is 6.47. The molecule has 14 heavy (non-hydrogen) atoms. The van der Waals surface area contributed by atoms with Gasteiger partial charge in [0.2, 0.25) is 0 Å². The van der Waals surface area contributed by atoms with Crippen molar-refractivity contribution < 1.29 is 10.2 Å². The molecule has 0 heterocycles. The minimum absolute atomic E-state index is 0.596. The average molecular weight is 213 g/mol. The zero-order valence-corrected chi connectivity index (χ0v) is 8.70. The summed E-state index contributed by atoms with van der Waals surface area (Å²) < 4.78 is 0. The first kappa shape index (κ1) is 11.2. The summed E-state index contributed by atoms with van der Waals surface area (Å²) in [6.07, 6.45) is 0.323. The van der Waals surface area contributed by atoms with Crippen LogP contribution in [0, 0.1) is 0 Å². The third-order valence-corrected chi connectivity index (χ3v) is 2.40. The van der Waals surface area contributed by atoms with E-state index in [0.717, 1.165) is 0 Å². The molecule has 3 heteroatoms. The summed E-state index contributed by atoms with van der Waals surface area (Å²) in [4.78, 5) is 0. The van der Waals surface area contributed by atoms with Gasteiger partial charge in [-0.05, 0) is 24.6 Å². The van der Waals surface area contributed by atoms with Crippen LogP contribution >= 0.6 is 11.6 Å². The summed E-state index contributed by atoms with van der Waals surface area (Å²) in [5.41, 5.74) is -0.715. The van der Waals surface area contributed by atoms with Gasteiger partial charge in [0, 0.05) is 5.02 Å². The number of aliphatic hydroxyl groups is 2. The first-order valence-corrected chi connectivity index (χ1v) is 4.64. The summed E-state index contributed by atoms with van der Waals surface area (Å²) in [6.45, 7) is 4.96. The molecule has 0 amide bonds. The summed E-state index contributed by atoms with van der Waals surface area (Å²) in [7, 11) is 0. The van der Waals surface area contributed by atoms with Crippen LogP contribution < -0.4 is 0 Å². The summed E-state index contributed by atoms with van der Waals surface area (Å²) in [5, 5.41) is 20.1. The standard InChI is InChI=1S/C11H13ClO2/c1-3-11(2,14)10(13)8-4-6-9(12)7-5-8/h3-7,10,13-14H,1H2,2H3. The largest absolute Gasteiger partial charge is 0.385 e. The smallest absolute Gasteiger partial charge is 0.111 e. The monoisotopic (exact) mass is 212 g/mol. The molecule has 0 fully saturated rings. The molecule has 1 aromatic rings. The van der Waals surface area contributed by atoms with Crippen LogP contribution in [0.3, 0.4) is 0 Å². The summed E-state index contributed by atoms with van der Waals surface area (Å²) in [6, 6.07) is 6.68. The van der Waals surface area contributed by atoms with E-state index in [0.29, 0.717) is 10.6 Å². The summed E-state index contributed by atoms with van der Waals surface area (Å²) in [5.74, 6) is 0. The topological polar surface area (TPSA) is 40.5 Å². The highest BCUT2D eigenvalue weighted by molar-refractivity contribution is 6.30. The van der Waals surface area contributed by atoms with E-state index in [4.69, 9.17) is 11.6 Å². The van der Waals surface area contributed by atoms with Crippen molar-refractivity contribution in [2.45, 2.75) is 18.6 Å². The third-order valence-electron chi connectivity index (χ3n) is 2.15. The highest BCUT2D eigenvalue weighted by Gasteiger charge is 2.27. The lowest BCUT2D eigenvalue weighted by Crippen LogP contribution is -2.29. The van der Waals surface area contributed by atoms with Crippen molar-refractivity contribution in [1.29, 1.82) is 0 Å². The molecule has 76 valence electrons. The van der Waals surface area contributed by atoms with E-state index in [1.807, 2.05) is 0 Å². The minimum Gasteiger partial charge on any atom is -0.385 e. The Morgan fingerprint density at radius 1 is 1.43 bits per heavy atom. The second-order valence-corrected chi connectivity index (χ2v) is 3.82. The molecule has 0 radical (unpaired) electrons. The molecule has 2 atom stereocenters. The number of rotatable bonds is 3. The Hall–Kier alpha value is -0.830. The third kappa shape index (κ3) is 2.35. The highest BCUT2D eigenvalue weighted by Crippen LogP contribution is 2.27. The average Bonchev–Trinajstić information content (AvgIpc) is 2.18. The van der Waals surface area contributed by atoms with Gasteiger partial charge in [0.1, 0.15) is 11.7 Å². The Kier molecular flexibility index (Phi) is 3.32. The van der Waals surface area contributed by atoms with Gasteiger partial charge in [-0.25, -0.2) is 0 Å². The SMILES string of the molecule is C=CC(C)(O)C(O)c1ccc(Cl)cc1. The quantitative estimate of drug-likeness (QED) is 0.755. The molecular weight excluding hydrogens is 200 g/mol. The second-order valence-electron chi connectivity index (χ2n) is 3.38. The van der Waals surface area contributed by atoms with Crippen molar-refractivity contribution in [2.75, 3.05) is 0 Å². The van der Waals surface area contributed by atoms with E-state index in [-0.39, 0.29) is 0 Å². The van der Waals surface area contributed by atoms with Gasteiger partial charge in [0.15, 0.2) is 0 Å². The van der Waals surface area contributed by atoms with Crippen molar-refractivity contribution in [3.05, 3.63) is 47.5 Å². The lowest BCUT2D eigenvalue weighted by atomic mass is 9.93. The Morgan fingerprint density at radius 2 is 1.93 bits per heavy atom. The molecule has 0 aliphatic heterocycles. The maximum absolute atomic E-state index is 9.77. The predicted molar refractivity (Wildman–Crippen MR) is 57.2 cm³/mol. The fourth-order valence-electron chi connectivity index (χ4n) is 1.09.